The third-order valence-electron chi connectivity index (χ3n) is 7.44. The molecule has 2 aromatic carbocycles. The third-order valence-corrected chi connectivity index (χ3v) is 7.44. The lowest BCUT2D eigenvalue weighted by Crippen LogP contribution is -2.50. The lowest BCUT2D eigenvalue weighted by molar-refractivity contribution is -0.143. The van der Waals surface area contributed by atoms with Crippen LogP contribution in [0.2, 0.25) is 0 Å². The van der Waals surface area contributed by atoms with Gasteiger partial charge in [0.2, 0.25) is 11.8 Å². The second-order valence-corrected chi connectivity index (χ2v) is 10.0. The number of nitrogens with one attached hydrogen (secondary N) is 1. The molecule has 190 valence electrons. The van der Waals surface area contributed by atoms with E-state index < -0.39 is 6.04 Å². The molecular weight excluding hydrogens is 454 g/mol. The van der Waals surface area contributed by atoms with E-state index in [1.807, 2.05) is 55.5 Å². The summed E-state index contributed by atoms with van der Waals surface area (Å²) >= 11 is 0. The molecule has 0 spiro atoms. The van der Waals surface area contributed by atoms with E-state index in [-0.39, 0.29) is 30.5 Å². The molecule has 1 aliphatic heterocycles. The van der Waals surface area contributed by atoms with Gasteiger partial charge in [-0.25, -0.2) is 4.68 Å². The number of benzene rings is 2. The Morgan fingerprint density at radius 1 is 1.06 bits per heavy atom. The van der Waals surface area contributed by atoms with Crippen LogP contribution >= 0.6 is 0 Å². The molecule has 1 aliphatic carbocycles. The molecule has 1 aromatic heterocycles. The van der Waals surface area contributed by atoms with Crippen molar-refractivity contribution >= 4 is 22.8 Å². The molecular formula is C28H35N5O3. The van der Waals surface area contributed by atoms with Crippen molar-refractivity contribution in [3.8, 4) is 0 Å². The molecule has 1 saturated carbocycles. The lowest BCUT2D eigenvalue weighted by atomic mass is 9.94. The number of hydrogen-bond donors (Lipinski definition) is 1. The van der Waals surface area contributed by atoms with Crippen LogP contribution in [0.4, 0.5) is 0 Å². The molecule has 1 N–H and O–H groups in total. The van der Waals surface area contributed by atoms with Crippen LogP contribution in [-0.2, 0) is 20.9 Å². The lowest BCUT2D eigenvalue weighted by Gasteiger charge is -2.35. The number of nitrogens with zero attached hydrogens (tertiary/aromatic N) is 4. The van der Waals surface area contributed by atoms with Gasteiger partial charge in [-0.15, -0.1) is 5.10 Å². The molecule has 0 unspecified atom stereocenters. The fourth-order valence-corrected chi connectivity index (χ4v) is 5.48. The summed E-state index contributed by atoms with van der Waals surface area (Å²) in [6.07, 6.45) is 7.17. The van der Waals surface area contributed by atoms with Gasteiger partial charge in [-0.3, -0.25) is 9.59 Å². The number of aromatic nitrogens is 3. The predicted octanol–water partition coefficient (Wildman–Crippen LogP) is 3.94. The molecule has 3 aromatic rings. The van der Waals surface area contributed by atoms with E-state index in [1.54, 1.807) is 9.58 Å². The first-order valence-electron chi connectivity index (χ1n) is 13.2. The van der Waals surface area contributed by atoms with Gasteiger partial charge in [0.15, 0.2) is 0 Å². The number of ether oxygens (including phenoxy) is 1. The third kappa shape index (κ3) is 5.43. The molecule has 1 saturated heterocycles. The number of rotatable bonds is 8. The van der Waals surface area contributed by atoms with E-state index >= 15 is 0 Å². The molecule has 8 heteroatoms. The fourth-order valence-electron chi connectivity index (χ4n) is 5.48. The highest BCUT2D eigenvalue weighted by atomic mass is 16.5. The normalized spacial score (nSPS) is 19.3. The molecule has 0 bridgehead atoms. The summed E-state index contributed by atoms with van der Waals surface area (Å²) in [6, 6.07) is 14.9. The van der Waals surface area contributed by atoms with Gasteiger partial charge in [-0.2, -0.15) is 0 Å². The Hall–Kier alpha value is -3.26. The van der Waals surface area contributed by atoms with Crippen LogP contribution < -0.4 is 5.32 Å². The van der Waals surface area contributed by atoms with Gasteiger partial charge in [0.1, 0.15) is 18.1 Å². The van der Waals surface area contributed by atoms with Crippen LogP contribution in [0.5, 0.6) is 0 Å². The Morgan fingerprint density at radius 2 is 1.83 bits per heavy atom. The van der Waals surface area contributed by atoms with E-state index in [0.717, 1.165) is 60.7 Å². The van der Waals surface area contributed by atoms with E-state index in [9.17, 15) is 9.59 Å². The Bertz CT molecular complexity index is 1200. The molecule has 2 amide bonds. The Balaban J connectivity index is 1.48. The molecule has 2 fully saturated rings. The summed E-state index contributed by atoms with van der Waals surface area (Å²) in [5.74, 6) is -0.292. The van der Waals surface area contributed by atoms with Gasteiger partial charge < -0.3 is 15.0 Å². The number of para-hydroxylation sites is 1. The minimum atomic E-state index is -0.736. The molecule has 36 heavy (non-hydrogen) atoms. The summed E-state index contributed by atoms with van der Waals surface area (Å²) in [7, 11) is 0. The number of aryl methyl sites for hydroxylation is 1. The number of carbonyl (C=O) groups is 2. The molecule has 2 heterocycles. The van der Waals surface area contributed by atoms with Gasteiger partial charge in [0.25, 0.3) is 0 Å². The summed E-state index contributed by atoms with van der Waals surface area (Å²) < 4.78 is 7.54. The quantitative estimate of drug-likeness (QED) is 0.518. The number of fused-ring (bicyclic) bond motifs is 1. The average Bonchev–Trinajstić information content (AvgIpc) is 3.55. The van der Waals surface area contributed by atoms with Crippen molar-refractivity contribution in [2.24, 2.45) is 0 Å². The van der Waals surface area contributed by atoms with Crippen LogP contribution in [0.3, 0.4) is 0 Å². The summed E-state index contributed by atoms with van der Waals surface area (Å²) in [6.45, 7) is 3.05. The van der Waals surface area contributed by atoms with Gasteiger partial charge >= 0.3 is 0 Å². The maximum absolute atomic E-state index is 14.0. The van der Waals surface area contributed by atoms with E-state index in [1.165, 1.54) is 6.42 Å². The smallest absolute Gasteiger partial charge is 0.247 e. The van der Waals surface area contributed by atoms with Crippen LogP contribution in [0.25, 0.3) is 11.0 Å². The van der Waals surface area contributed by atoms with Crippen molar-refractivity contribution < 1.29 is 14.3 Å². The zero-order valence-corrected chi connectivity index (χ0v) is 20.9. The van der Waals surface area contributed by atoms with Crippen LogP contribution in [-0.4, -0.2) is 57.0 Å². The zero-order chi connectivity index (χ0) is 24.9. The maximum atomic E-state index is 14.0. The number of carbonyl (C=O) groups excluding carboxylic acids is 2. The Labute approximate surface area is 212 Å². The number of hydrogen-bond acceptors (Lipinski definition) is 5. The highest BCUT2D eigenvalue weighted by Crippen LogP contribution is 2.28. The van der Waals surface area contributed by atoms with Crippen molar-refractivity contribution in [3.63, 3.8) is 0 Å². The molecule has 2 aliphatic rings. The highest BCUT2D eigenvalue weighted by molar-refractivity contribution is 5.89. The molecule has 0 radical (unpaired) electrons. The summed E-state index contributed by atoms with van der Waals surface area (Å²) in [5.41, 5.74) is 3.36. The first-order valence-corrected chi connectivity index (χ1v) is 13.2. The molecule has 2 atom stereocenters. The first kappa shape index (κ1) is 24.4. The number of amides is 2. The monoisotopic (exact) mass is 489 g/mol. The van der Waals surface area contributed by atoms with Crippen molar-refractivity contribution in [1.29, 1.82) is 0 Å². The van der Waals surface area contributed by atoms with Crippen molar-refractivity contribution in [2.45, 2.75) is 76.6 Å². The van der Waals surface area contributed by atoms with E-state index in [4.69, 9.17) is 4.74 Å². The van der Waals surface area contributed by atoms with E-state index in [2.05, 4.69) is 15.6 Å². The predicted molar refractivity (Wildman–Crippen MR) is 137 cm³/mol. The largest absolute Gasteiger partial charge is 0.376 e. The average molecular weight is 490 g/mol. The topological polar surface area (TPSA) is 89.4 Å². The minimum Gasteiger partial charge on any atom is -0.376 e. The zero-order valence-electron chi connectivity index (χ0n) is 20.9. The molecule has 5 rings (SSSR count). The van der Waals surface area contributed by atoms with Crippen molar-refractivity contribution in [2.75, 3.05) is 13.2 Å². The van der Waals surface area contributed by atoms with Gasteiger partial charge in [-0.1, -0.05) is 60.9 Å². The van der Waals surface area contributed by atoms with Crippen LogP contribution in [0, 0.1) is 6.92 Å². The van der Waals surface area contributed by atoms with Gasteiger partial charge in [0.05, 0.1) is 11.6 Å². The standard InChI is InChI=1S/C28H35N5O3/c1-20-10-5-6-14-23(20)27(28(35)29-21-11-3-2-4-12-21)32(18-22-13-9-17-36-22)26(34)19-33-25-16-8-7-15-24(25)30-31-33/h5-8,10,14-16,21-22,27H,2-4,9,11-13,17-19H2,1H3,(H,29,35)/t22-,27+/m0/s1. The minimum absolute atomic E-state index is 0.00627. The molecule has 8 nitrogen and oxygen atoms in total. The summed E-state index contributed by atoms with van der Waals surface area (Å²) in [5, 5.41) is 11.7. The SMILES string of the molecule is Cc1ccccc1[C@H](C(=O)NC1CCCCC1)N(C[C@@H]1CCCO1)C(=O)Cn1nnc2ccccc21. The highest BCUT2D eigenvalue weighted by Gasteiger charge is 2.36. The van der Waals surface area contributed by atoms with Gasteiger partial charge in [0, 0.05) is 19.2 Å². The van der Waals surface area contributed by atoms with E-state index in [0.29, 0.717) is 13.2 Å². The summed E-state index contributed by atoms with van der Waals surface area (Å²) in [4.78, 5) is 29.6. The first-order chi connectivity index (χ1) is 17.6. The van der Waals surface area contributed by atoms with Crippen LogP contribution in [0.15, 0.2) is 48.5 Å². The Kier molecular flexibility index (Phi) is 7.60. The Morgan fingerprint density at radius 3 is 2.61 bits per heavy atom. The van der Waals surface area contributed by atoms with Crippen LogP contribution in [0.1, 0.15) is 62.1 Å². The fraction of sp³-hybridized carbons (Fsp3) is 0.500. The van der Waals surface area contributed by atoms with Crippen molar-refractivity contribution in [1.82, 2.24) is 25.2 Å². The maximum Gasteiger partial charge on any atom is 0.247 e. The van der Waals surface area contributed by atoms with Gasteiger partial charge in [-0.05, 0) is 55.9 Å². The second-order valence-electron chi connectivity index (χ2n) is 10.0. The van der Waals surface area contributed by atoms with Crippen molar-refractivity contribution in [3.05, 3.63) is 59.7 Å². The second kappa shape index (κ2) is 11.2.